The quantitative estimate of drug-likeness (QED) is 0.857. The first-order chi connectivity index (χ1) is 8.65. The zero-order valence-electron chi connectivity index (χ0n) is 10.1. The highest BCUT2D eigenvalue weighted by Crippen LogP contribution is 2.16. The standard InChI is InChI=1S/C13H17NO3S/c15-12-4-2-1-3-10(12)9-13(16)14-11-5-7-18(17)8-6-11/h1-4,11,15H,5-9H2,(H,14,16). The van der Waals surface area contributed by atoms with Crippen LogP contribution in [0.5, 0.6) is 5.75 Å². The molecule has 1 aliphatic rings. The van der Waals surface area contributed by atoms with E-state index in [2.05, 4.69) is 5.32 Å². The molecule has 0 atom stereocenters. The molecule has 1 heterocycles. The summed E-state index contributed by atoms with van der Waals surface area (Å²) in [5.74, 6) is 1.40. The van der Waals surface area contributed by atoms with E-state index in [0.29, 0.717) is 17.1 Å². The number of carbonyl (C=O) groups is 1. The molecule has 1 aliphatic heterocycles. The lowest BCUT2D eigenvalue weighted by atomic mass is 10.1. The number of aromatic hydroxyl groups is 1. The van der Waals surface area contributed by atoms with Gasteiger partial charge in [0.1, 0.15) is 5.75 Å². The van der Waals surface area contributed by atoms with Crippen molar-refractivity contribution in [2.45, 2.75) is 25.3 Å². The average Bonchev–Trinajstić information content (AvgIpc) is 2.35. The molecular formula is C13H17NO3S. The van der Waals surface area contributed by atoms with Crippen LogP contribution in [0.2, 0.25) is 0 Å². The third kappa shape index (κ3) is 3.57. The molecule has 1 fully saturated rings. The van der Waals surface area contributed by atoms with Crippen molar-refractivity contribution < 1.29 is 14.1 Å². The molecule has 1 aromatic carbocycles. The first-order valence-corrected chi connectivity index (χ1v) is 7.55. The molecule has 0 aliphatic carbocycles. The van der Waals surface area contributed by atoms with Crippen LogP contribution >= 0.6 is 0 Å². The number of hydrogen-bond acceptors (Lipinski definition) is 3. The Morgan fingerprint density at radius 3 is 2.67 bits per heavy atom. The Labute approximate surface area is 109 Å². The van der Waals surface area contributed by atoms with Gasteiger partial charge in [0.2, 0.25) is 5.91 Å². The molecule has 2 N–H and O–H groups in total. The Kier molecular flexibility index (Phi) is 4.36. The predicted molar refractivity (Wildman–Crippen MR) is 70.9 cm³/mol. The van der Waals surface area contributed by atoms with E-state index in [0.717, 1.165) is 12.8 Å². The Morgan fingerprint density at radius 1 is 1.33 bits per heavy atom. The molecule has 0 spiro atoms. The lowest BCUT2D eigenvalue weighted by Crippen LogP contribution is -2.40. The molecule has 1 saturated heterocycles. The Balaban J connectivity index is 1.86. The van der Waals surface area contributed by atoms with Crippen LogP contribution < -0.4 is 5.32 Å². The first-order valence-electron chi connectivity index (χ1n) is 6.06. The minimum atomic E-state index is -0.709. The number of phenols is 1. The van der Waals surface area contributed by atoms with Crippen molar-refractivity contribution in [2.75, 3.05) is 11.5 Å². The largest absolute Gasteiger partial charge is 0.508 e. The van der Waals surface area contributed by atoms with Gasteiger partial charge in [-0.2, -0.15) is 0 Å². The maximum atomic E-state index is 11.8. The van der Waals surface area contributed by atoms with Crippen LogP contribution in [0.3, 0.4) is 0 Å². The van der Waals surface area contributed by atoms with E-state index in [9.17, 15) is 14.1 Å². The topological polar surface area (TPSA) is 66.4 Å². The third-order valence-corrected chi connectivity index (χ3v) is 4.48. The molecule has 98 valence electrons. The zero-order valence-corrected chi connectivity index (χ0v) is 10.9. The number of amides is 1. The van der Waals surface area contributed by atoms with Gasteiger partial charge in [-0.15, -0.1) is 0 Å². The summed E-state index contributed by atoms with van der Waals surface area (Å²) in [6, 6.07) is 6.97. The van der Waals surface area contributed by atoms with E-state index in [-0.39, 0.29) is 24.1 Å². The molecular weight excluding hydrogens is 250 g/mol. The minimum absolute atomic E-state index is 0.0887. The number of hydrogen-bond donors (Lipinski definition) is 2. The summed E-state index contributed by atoms with van der Waals surface area (Å²) in [5.41, 5.74) is 0.634. The van der Waals surface area contributed by atoms with E-state index in [1.54, 1.807) is 24.3 Å². The summed E-state index contributed by atoms with van der Waals surface area (Å²) in [6.07, 6.45) is 1.74. The molecule has 4 nitrogen and oxygen atoms in total. The van der Waals surface area contributed by atoms with Crippen LogP contribution in [0.25, 0.3) is 0 Å². The van der Waals surface area contributed by atoms with Gasteiger partial charge >= 0.3 is 0 Å². The average molecular weight is 267 g/mol. The Hall–Kier alpha value is -1.36. The molecule has 1 amide bonds. The lowest BCUT2D eigenvalue weighted by Gasteiger charge is -2.22. The SMILES string of the molecule is O=C(Cc1ccccc1O)NC1CCS(=O)CC1. The lowest BCUT2D eigenvalue weighted by molar-refractivity contribution is -0.121. The smallest absolute Gasteiger partial charge is 0.224 e. The summed E-state index contributed by atoms with van der Waals surface area (Å²) < 4.78 is 11.2. The number of rotatable bonds is 3. The van der Waals surface area contributed by atoms with Gasteiger partial charge in [0.25, 0.3) is 0 Å². The van der Waals surface area contributed by atoms with Crippen molar-refractivity contribution in [3.8, 4) is 5.75 Å². The molecule has 0 saturated carbocycles. The van der Waals surface area contributed by atoms with E-state index in [1.165, 1.54) is 0 Å². The van der Waals surface area contributed by atoms with Crippen molar-refractivity contribution in [2.24, 2.45) is 0 Å². The maximum absolute atomic E-state index is 11.8. The molecule has 0 radical (unpaired) electrons. The Morgan fingerprint density at radius 2 is 2.00 bits per heavy atom. The molecule has 2 rings (SSSR count). The molecule has 0 unspecified atom stereocenters. The fourth-order valence-corrected chi connectivity index (χ4v) is 3.35. The van der Waals surface area contributed by atoms with Crippen LogP contribution in [-0.2, 0) is 22.0 Å². The number of para-hydroxylation sites is 1. The van der Waals surface area contributed by atoms with Crippen LogP contribution in [0.1, 0.15) is 18.4 Å². The van der Waals surface area contributed by atoms with Crippen molar-refractivity contribution >= 4 is 16.7 Å². The molecule has 0 aromatic heterocycles. The minimum Gasteiger partial charge on any atom is -0.508 e. The number of phenolic OH excluding ortho intramolecular Hbond substituents is 1. The summed E-state index contributed by atoms with van der Waals surface area (Å²) in [4.78, 5) is 11.8. The maximum Gasteiger partial charge on any atom is 0.224 e. The van der Waals surface area contributed by atoms with E-state index >= 15 is 0 Å². The second-order valence-corrected chi connectivity index (χ2v) is 6.19. The summed E-state index contributed by atoms with van der Waals surface area (Å²) >= 11 is 0. The number of benzene rings is 1. The van der Waals surface area contributed by atoms with Crippen LogP contribution in [-0.4, -0.2) is 32.8 Å². The van der Waals surface area contributed by atoms with Gasteiger partial charge in [-0.05, 0) is 18.9 Å². The highest BCUT2D eigenvalue weighted by molar-refractivity contribution is 7.85. The van der Waals surface area contributed by atoms with Gasteiger partial charge in [0.15, 0.2) is 0 Å². The van der Waals surface area contributed by atoms with Crippen LogP contribution in [0.4, 0.5) is 0 Å². The summed E-state index contributed by atoms with van der Waals surface area (Å²) in [7, 11) is -0.709. The zero-order chi connectivity index (χ0) is 13.0. The van der Waals surface area contributed by atoms with Gasteiger partial charge in [0.05, 0.1) is 6.42 Å². The highest BCUT2D eigenvalue weighted by atomic mass is 32.2. The van der Waals surface area contributed by atoms with E-state index < -0.39 is 10.8 Å². The van der Waals surface area contributed by atoms with Gasteiger partial charge < -0.3 is 10.4 Å². The fourth-order valence-electron chi connectivity index (χ4n) is 2.05. The van der Waals surface area contributed by atoms with Crippen molar-refractivity contribution in [3.05, 3.63) is 29.8 Å². The van der Waals surface area contributed by atoms with Gasteiger partial charge in [-0.1, -0.05) is 18.2 Å². The fraction of sp³-hybridized carbons (Fsp3) is 0.462. The molecule has 1 aromatic rings. The molecule has 18 heavy (non-hydrogen) atoms. The van der Waals surface area contributed by atoms with Crippen LogP contribution in [0.15, 0.2) is 24.3 Å². The van der Waals surface area contributed by atoms with E-state index in [4.69, 9.17) is 0 Å². The molecule has 5 heteroatoms. The van der Waals surface area contributed by atoms with Crippen molar-refractivity contribution in [1.82, 2.24) is 5.32 Å². The highest BCUT2D eigenvalue weighted by Gasteiger charge is 2.19. The normalized spacial score (nSPS) is 23.6. The van der Waals surface area contributed by atoms with E-state index in [1.807, 2.05) is 0 Å². The predicted octanol–water partition coefficient (Wildman–Crippen LogP) is 0.962. The third-order valence-electron chi connectivity index (χ3n) is 3.10. The van der Waals surface area contributed by atoms with Crippen LogP contribution in [0, 0.1) is 0 Å². The summed E-state index contributed by atoms with van der Waals surface area (Å²) in [6.45, 7) is 0. The second kappa shape index (κ2) is 6.00. The van der Waals surface area contributed by atoms with Crippen molar-refractivity contribution in [3.63, 3.8) is 0 Å². The molecule has 0 bridgehead atoms. The van der Waals surface area contributed by atoms with Gasteiger partial charge in [0, 0.05) is 33.9 Å². The van der Waals surface area contributed by atoms with Gasteiger partial charge in [-0.25, -0.2) is 0 Å². The first kappa shape index (κ1) is 13.1. The second-order valence-electron chi connectivity index (χ2n) is 4.50. The van der Waals surface area contributed by atoms with Crippen molar-refractivity contribution in [1.29, 1.82) is 0 Å². The summed E-state index contributed by atoms with van der Waals surface area (Å²) in [5, 5.41) is 12.5. The monoisotopic (exact) mass is 267 g/mol. The van der Waals surface area contributed by atoms with Gasteiger partial charge in [-0.3, -0.25) is 9.00 Å². The number of nitrogens with one attached hydrogen (secondary N) is 1. The number of carbonyl (C=O) groups excluding carboxylic acids is 1. The Bertz CT molecular complexity index is 451.